The monoisotopic (exact) mass is 274 g/mol. The maximum atomic E-state index is 12.3. The number of carbonyl (C=O) groups is 1. The second-order valence-corrected chi connectivity index (χ2v) is 6.18. The molecule has 110 valence electrons. The first-order chi connectivity index (χ1) is 9.52. The Morgan fingerprint density at radius 2 is 2.05 bits per heavy atom. The molecule has 0 radical (unpaired) electrons. The van der Waals surface area contributed by atoms with Crippen LogP contribution in [0.1, 0.15) is 37.3 Å². The Kier molecular flexibility index (Phi) is 4.81. The Hall–Kier alpha value is -1.35. The molecule has 0 saturated carbocycles. The summed E-state index contributed by atoms with van der Waals surface area (Å²) in [5.74, 6) is 0.296. The molecule has 20 heavy (non-hydrogen) atoms. The van der Waals surface area contributed by atoms with Gasteiger partial charge in [-0.15, -0.1) is 0 Å². The zero-order valence-electron chi connectivity index (χ0n) is 12.9. The van der Waals surface area contributed by atoms with E-state index in [0.717, 1.165) is 32.4 Å². The summed E-state index contributed by atoms with van der Waals surface area (Å²) in [6, 6.07) is 8.43. The Morgan fingerprint density at radius 1 is 1.35 bits per heavy atom. The van der Waals surface area contributed by atoms with E-state index in [1.807, 2.05) is 11.9 Å². The quantitative estimate of drug-likeness (QED) is 0.915. The van der Waals surface area contributed by atoms with E-state index in [9.17, 15) is 4.79 Å². The number of piperidine rings is 1. The molecule has 1 amide bonds. The zero-order valence-corrected chi connectivity index (χ0v) is 12.9. The van der Waals surface area contributed by atoms with Gasteiger partial charge in [0.1, 0.15) is 0 Å². The molecule has 3 heteroatoms. The van der Waals surface area contributed by atoms with Crippen LogP contribution in [0.3, 0.4) is 0 Å². The molecule has 1 aliphatic rings. The summed E-state index contributed by atoms with van der Waals surface area (Å²) in [7, 11) is 2.01. The third-order valence-corrected chi connectivity index (χ3v) is 4.53. The molecular formula is C17H26N2O. The number of nitrogens with zero attached hydrogens (tertiary/aromatic N) is 1. The summed E-state index contributed by atoms with van der Waals surface area (Å²) in [5, 5.41) is 3.37. The lowest BCUT2D eigenvalue weighted by molar-refractivity contribution is -0.132. The molecular weight excluding hydrogens is 248 g/mol. The predicted octanol–water partition coefficient (Wildman–Crippen LogP) is 2.53. The number of hydrogen-bond donors (Lipinski definition) is 1. The summed E-state index contributed by atoms with van der Waals surface area (Å²) in [5.41, 5.74) is 2.72. The fourth-order valence-corrected chi connectivity index (χ4v) is 2.78. The Labute approximate surface area is 122 Å². The van der Waals surface area contributed by atoms with Gasteiger partial charge < -0.3 is 10.2 Å². The van der Waals surface area contributed by atoms with Crippen molar-refractivity contribution in [2.24, 2.45) is 0 Å². The van der Waals surface area contributed by atoms with Gasteiger partial charge >= 0.3 is 0 Å². The average molecular weight is 274 g/mol. The molecule has 0 aliphatic carbocycles. The molecule has 1 saturated heterocycles. The fourth-order valence-electron chi connectivity index (χ4n) is 2.78. The Balaban J connectivity index is 1.81. The second kappa shape index (κ2) is 6.40. The molecule has 0 atom stereocenters. The third kappa shape index (κ3) is 3.83. The van der Waals surface area contributed by atoms with Crippen molar-refractivity contribution in [2.45, 2.75) is 45.1 Å². The van der Waals surface area contributed by atoms with Crippen molar-refractivity contribution in [2.75, 3.05) is 20.1 Å². The van der Waals surface area contributed by atoms with E-state index in [1.165, 1.54) is 11.1 Å². The van der Waals surface area contributed by atoms with E-state index < -0.39 is 0 Å². The van der Waals surface area contributed by atoms with Crippen LogP contribution < -0.4 is 5.32 Å². The van der Waals surface area contributed by atoms with E-state index in [1.54, 1.807) is 0 Å². The van der Waals surface area contributed by atoms with Gasteiger partial charge in [-0.2, -0.15) is 0 Å². The first kappa shape index (κ1) is 15.0. The van der Waals surface area contributed by atoms with Crippen LogP contribution in [-0.4, -0.2) is 36.5 Å². The number of benzene rings is 1. The standard InChI is InChI=1S/C17H26N2O/c1-14-5-4-6-15(13-14)7-8-16(20)19-11-9-17(2,18-3)10-12-19/h4-6,13,18H,7-12H2,1-3H3. The van der Waals surface area contributed by atoms with Gasteiger partial charge in [-0.3, -0.25) is 4.79 Å². The van der Waals surface area contributed by atoms with Crippen LogP contribution >= 0.6 is 0 Å². The van der Waals surface area contributed by atoms with Gasteiger partial charge in [-0.25, -0.2) is 0 Å². The van der Waals surface area contributed by atoms with E-state index in [-0.39, 0.29) is 5.54 Å². The SMILES string of the molecule is CNC1(C)CCN(C(=O)CCc2cccc(C)c2)CC1. The van der Waals surface area contributed by atoms with Crippen molar-refractivity contribution in [3.8, 4) is 0 Å². The van der Waals surface area contributed by atoms with Gasteiger partial charge in [-0.05, 0) is 45.7 Å². The molecule has 1 aliphatic heterocycles. The number of likely N-dealkylation sites (tertiary alicyclic amines) is 1. The van der Waals surface area contributed by atoms with Crippen molar-refractivity contribution in [1.82, 2.24) is 10.2 Å². The maximum absolute atomic E-state index is 12.3. The molecule has 1 N–H and O–H groups in total. The number of aryl methyl sites for hydroxylation is 2. The molecule has 1 aromatic rings. The van der Waals surface area contributed by atoms with Gasteiger partial charge in [0.25, 0.3) is 0 Å². The van der Waals surface area contributed by atoms with Crippen LogP contribution in [0.15, 0.2) is 24.3 Å². The van der Waals surface area contributed by atoms with Crippen molar-refractivity contribution in [1.29, 1.82) is 0 Å². The van der Waals surface area contributed by atoms with Crippen molar-refractivity contribution < 1.29 is 4.79 Å². The third-order valence-electron chi connectivity index (χ3n) is 4.53. The lowest BCUT2D eigenvalue weighted by Gasteiger charge is -2.39. The van der Waals surface area contributed by atoms with Gasteiger partial charge in [-0.1, -0.05) is 29.8 Å². The first-order valence-electron chi connectivity index (χ1n) is 7.55. The largest absolute Gasteiger partial charge is 0.343 e. The zero-order chi connectivity index (χ0) is 14.6. The summed E-state index contributed by atoms with van der Waals surface area (Å²) >= 11 is 0. The molecule has 1 heterocycles. The van der Waals surface area contributed by atoms with Crippen LogP contribution in [0.25, 0.3) is 0 Å². The topological polar surface area (TPSA) is 32.3 Å². The van der Waals surface area contributed by atoms with Gasteiger partial charge in [0, 0.05) is 25.0 Å². The second-order valence-electron chi connectivity index (χ2n) is 6.18. The van der Waals surface area contributed by atoms with Crippen LogP contribution in [-0.2, 0) is 11.2 Å². The van der Waals surface area contributed by atoms with Crippen LogP contribution in [0.2, 0.25) is 0 Å². The minimum atomic E-state index is 0.202. The fraction of sp³-hybridized carbons (Fsp3) is 0.588. The van der Waals surface area contributed by atoms with Crippen molar-refractivity contribution in [3.63, 3.8) is 0 Å². The maximum Gasteiger partial charge on any atom is 0.222 e. The Bertz CT molecular complexity index is 462. The molecule has 0 unspecified atom stereocenters. The predicted molar refractivity (Wildman–Crippen MR) is 82.8 cm³/mol. The van der Waals surface area contributed by atoms with Crippen LogP contribution in [0.4, 0.5) is 0 Å². The molecule has 0 bridgehead atoms. The van der Waals surface area contributed by atoms with Gasteiger partial charge in [0.15, 0.2) is 0 Å². The minimum absolute atomic E-state index is 0.202. The van der Waals surface area contributed by atoms with E-state index in [2.05, 4.69) is 43.4 Å². The number of rotatable bonds is 4. The molecule has 2 rings (SSSR count). The van der Waals surface area contributed by atoms with E-state index in [4.69, 9.17) is 0 Å². The highest BCUT2D eigenvalue weighted by Gasteiger charge is 2.29. The number of carbonyl (C=O) groups excluding carboxylic acids is 1. The molecule has 1 fully saturated rings. The smallest absolute Gasteiger partial charge is 0.222 e. The summed E-state index contributed by atoms with van der Waals surface area (Å²) in [6.45, 7) is 6.09. The van der Waals surface area contributed by atoms with Gasteiger partial charge in [0.2, 0.25) is 5.91 Å². The van der Waals surface area contributed by atoms with Gasteiger partial charge in [0.05, 0.1) is 0 Å². The van der Waals surface area contributed by atoms with Crippen LogP contribution in [0.5, 0.6) is 0 Å². The van der Waals surface area contributed by atoms with Crippen molar-refractivity contribution in [3.05, 3.63) is 35.4 Å². The minimum Gasteiger partial charge on any atom is -0.343 e. The lowest BCUT2D eigenvalue weighted by atomic mass is 9.89. The molecule has 1 aromatic carbocycles. The highest BCUT2D eigenvalue weighted by Crippen LogP contribution is 2.21. The summed E-state index contributed by atoms with van der Waals surface area (Å²) in [4.78, 5) is 14.3. The average Bonchev–Trinajstić information content (AvgIpc) is 2.46. The van der Waals surface area contributed by atoms with E-state index >= 15 is 0 Å². The van der Waals surface area contributed by atoms with E-state index in [0.29, 0.717) is 12.3 Å². The summed E-state index contributed by atoms with van der Waals surface area (Å²) < 4.78 is 0. The lowest BCUT2D eigenvalue weighted by Crippen LogP contribution is -2.51. The van der Waals surface area contributed by atoms with Crippen molar-refractivity contribution >= 4 is 5.91 Å². The number of amides is 1. The molecule has 0 aromatic heterocycles. The first-order valence-corrected chi connectivity index (χ1v) is 7.55. The highest BCUT2D eigenvalue weighted by atomic mass is 16.2. The Morgan fingerprint density at radius 3 is 2.65 bits per heavy atom. The number of nitrogens with one attached hydrogen (secondary N) is 1. The normalized spacial score (nSPS) is 18.1. The number of hydrogen-bond acceptors (Lipinski definition) is 2. The highest BCUT2D eigenvalue weighted by molar-refractivity contribution is 5.76. The van der Waals surface area contributed by atoms with Crippen LogP contribution in [0, 0.1) is 6.92 Å². The molecule has 3 nitrogen and oxygen atoms in total. The summed E-state index contributed by atoms with van der Waals surface area (Å²) in [6.07, 6.45) is 3.55. The molecule has 0 spiro atoms.